The molecule has 3 aromatic rings. The predicted octanol–water partition coefficient (Wildman–Crippen LogP) is 5.86. The van der Waals surface area contributed by atoms with Crippen LogP contribution in [0, 0.1) is 13.8 Å². The van der Waals surface area contributed by atoms with Crippen LogP contribution < -0.4 is 9.62 Å². The van der Waals surface area contributed by atoms with Gasteiger partial charge in [0, 0.05) is 22.6 Å². The lowest BCUT2D eigenvalue weighted by molar-refractivity contribution is -0.139. The number of nitrogens with one attached hydrogen (secondary N) is 1. The molecule has 3 rings (SSSR count). The Morgan fingerprint density at radius 2 is 1.69 bits per heavy atom. The second kappa shape index (κ2) is 13.5. The molecule has 0 unspecified atom stereocenters. The van der Waals surface area contributed by atoms with Gasteiger partial charge in [-0.1, -0.05) is 52.7 Å². The van der Waals surface area contributed by atoms with Crippen molar-refractivity contribution in [3.8, 4) is 0 Å². The highest BCUT2D eigenvalue weighted by Gasteiger charge is 2.32. The average Bonchev–Trinajstić information content (AvgIpc) is 2.90. The zero-order valence-electron chi connectivity index (χ0n) is 22.4. The molecule has 1 atom stereocenters. The Hall–Kier alpha value is -2.88. The van der Waals surface area contributed by atoms with Crippen LogP contribution in [0.25, 0.3) is 0 Å². The Labute approximate surface area is 244 Å². The summed E-state index contributed by atoms with van der Waals surface area (Å²) in [5, 5.41) is 3.24. The summed E-state index contributed by atoms with van der Waals surface area (Å²) in [5.41, 5.74) is 3.03. The molecule has 0 spiro atoms. The Morgan fingerprint density at radius 1 is 1.00 bits per heavy atom. The van der Waals surface area contributed by atoms with E-state index in [4.69, 9.17) is 11.6 Å². The summed E-state index contributed by atoms with van der Waals surface area (Å²) in [5.74, 6) is -0.816. The van der Waals surface area contributed by atoms with Gasteiger partial charge in [0.15, 0.2) is 0 Å². The highest BCUT2D eigenvalue weighted by molar-refractivity contribution is 9.10. The molecule has 3 aromatic carbocycles. The van der Waals surface area contributed by atoms with E-state index in [-0.39, 0.29) is 17.3 Å². The highest BCUT2D eigenvalue weighted by Crippen LogP contribution is 2.27. The second-order valence-electron chi connectivity index (χ2n) is 9.35. The molecule has 0 aliphatic rings. The van der Waals surface area contributed by atoms with Crippen molar-refractivity contribution >= 4 is 55.1 Å². The van der Waals surface area contributed by atoms with E-state index in [0.717, 1.165) is 31.9 Å². The van der Waals surface area contributed by atoms with Gasteiger partial charge in [0.05, 0.1) is 10.6 Å². The number of benzene rings is 3. The maximum Gasteiger partial charge on any atom is 0.264 e. The first kappa shape index (κ1) is 30.7. The number of halogens is 2. The number of amides is 2. The van der Waals surface area contributed by atoms with Crippen LogP contribution >= 0.6 is 27.5 Å². The van der Waals surface area contributed by atoms with Crippen molar-refractivity contribution in [2.45, 2.75) is 51.6 Å². The molecule has 208 valence electrons. The fourth-order valence-corrected chi connectivity index (χ4v) is 5.93. The second-order valence-corrected chi connectivity index (χ2v) is 12.6. The monoisotopic (exact) mass is 633 g/mol. The Bertz CT molecular complexity index is 1430. The molecule has 2 amide bonds. The van der Waals surface area contributed by atoms with Gasteiger partial charge in [-0.3, -0.25) is 13.9 Å². The van der Waals surface area contributed by atoms with Crippen molar-refractivity contribution in [1.29, 1.82) is 0 Å². The maximum atomic E-state index is 13.9. The van der Waals surface area contributed by atoms with Gasteiger partial charge in [0.2, 0.25) is 11.8 Å². The molecule has 39 heavy (non-hydrogen) atoms. The van der Waals surface area contributed by atoms with Gasteiger partial charge in [-0.05, 0) is 92.4 Å². The van der Waals surface area contributed by atoms with Crippen LogP contribution in [0.3, 0.4) is 0 Å². The predicted molar refractivity (Wildman–Crippen MR) is 159 cm³/mol. The van der Waals surface area contributed by atoms with Gasteiger partial charge in [0.1, 0.15) is 12.6 Å². The quantitative estimate of drug-likeness (QED) is 0.286. The number of aryl methyl sites for hydroxylation is 2. The first-order valence-corrected chi connectivity index (χ1v) is 15.2. The summed E-state index contributed by atoms with van der Waals surface area (Å²) in [4.78, 5) is 28.3. The molecule has 0 saturated carbocycles. The van der Waals surface area contributed by atoms with Crippen LogP contribution in [0.15, 0.2) is 76.1 Å². The largest absolute Gasteiger partial charge is 0.354 e. The fraction of sp³-hybridized carbons (Fsp3) is 0.310. The molecule has 0 fully saturated rings. The zero-order valence-corrected chi connectivity index (χ0v) is 25.6. The van der Waals surface area contributed by atoms with Gasteiger partial charge in [-0.15, -0.1) is 0 Å². The van der Waals surface area contributed by atoms with Crippen LogP contribution in [0.4, 0.5) is 5.69 Å². The van der Waals surface area contributed by atoms with Gasteiger partial charge < -0.3 is 10.2 Å². The molecule has 1 N–H and O–H groups in total. The van der Waals surface area contributed by atoms with Gasteiger partial charge >= 0.3 is 0 Å². The van der Waals surface area contributed by atoms with E-state index in [2.05, 4.69) is 21.2 Å². The summed E-state index contributed by atoms with van der Waals surface area (Å²) in [6.45, 7) is 7.51. The Morgan fingerprint density at radius 3 is 2.31 bits per heavy atom. The van der Waals surface area contributed by atoms with E-state index in [1.54, 1.807) is 19.1 Å². The van der Waals surface area contributed by atoms with E-state index in [0.29, 0.717) is 17.3 Å². The molecule has 0 aromatic heterocycles. The normalized spacial score (nSPS) is 12.1. The van der Waals surface area contributed by atoms with Crippen molar-refractivity contribution in [2.24, 2.45) is 0 Å². The number of anilines is 1. The fourth-order valence-electron chi connectivity index (χ4n) is 3.95. The highest BCUT2D eigenvalue weighted by atomic mass is 79.9. The van der Waals surface area contributed by atoms with Crippen molar-refractivity contribution in [1.82, 2.24) is 10.2 Å². The molecule has 0 saturated heterocycles. The van der Waals surface area contributed by atoms with Crippen molar-refractivity contribution in [3.05, 3.63) is 92.9 Å². The smallest absolute Gasteiger partial charge is 0.264 e. The number of hydrogen-bond donors (Lipinski definition) is 1. The van der Waals surface area contributed by atoms with E-state index < -0.39 is 28.5 Å². The third-order valence-corrected chi connectivity index (χ3v) is 8.95. The number of sulfonamides is 1. The number of carbonyl (C=O) groups is 2. The minimum Gasteiger partial charge on any atom is -0.354 e. The molecule has 0 aliphatic carbocycles. The van der Waals surface area contributed by atoms with E-state index in [1.165, 1.54) is 29.2 Å². The van der Waals surface area contributed by atoms with Crippen molar-refractivity contribution in [3.63, 3.8) is 0 Å². The van der Waals surface area contributed by atoms with Crippen LogP contribution in [0.2, 0.25) is 5.02 Å². The summed E-state index contributed by atoms with van der Waals surface area (Å²) in [7, 11) is -4.15. The lowest BCUT2D eigenvalue weighted by Gasteiger charge is -2.32. The topological polar surface area (TPSA) is 86.8 Å². The minimum absolute atomic E-state index is 0.00482. The van der Waals surface area contributed by atoms with E-state index >= 15 is 0 Å². The molecule has 0 bridgehead atoms. The summed E-state index contributed by atoms with van der Waals surface area (Å²) >= 11 is 9.45. The standard InChI is InChI=1S/C29H33BrClN3O4S/c1-5-15-32-29(36)22(4)33(18-23-7-6-8-24(30)17-23)28(35)19-34(26-12-9-20(2)21(3)16-26)39(37,38)27-13-10-25(31)11-14-27/h6-14,16-17,22H,5,15,18-19H2,1-4H3,(H,32,36)/t22-/m0/s1. The first-order chi connectivity index (χ1) is 18.4. The van der Waals surface area contributed by atoms with E-state index in [9.17, 15) is 18.0 Å². The van der Waals surface area contributed by atoms with Crippen LogP contribution in [0.1, 0.15) is 37.0 Å². The SMILES string of the molecule is CCCNC(=O)[C@H](C)N(Cc1cccc(Br)c1)C(=O)CN(c1ccc(C)c(C)c1)S(=O)(=O)c1ccc(Cl)cc1. The number of carbonyl (C=O) groups excluding carboxylic acids is 2. The molecular weight excluding hydrogens is 602 g/mol. The number of hydrogen-bond acceptors (Lipinski definition) is 4. The number of rotatable bonds is 11. The summed E-state index contributed by atoms with van der Waals surface area (Å²) < 4.78 is 29.7. The first-order valence-electron chi connectivity index (χ1n) is 12.6. The third-order valence-electron chi connectivity index (χ3n) is 6.42. The number of nitrogens with zero attached hydrogens (tertiary/aromatic N) is 2. The molecule has 0 aliphatic heterocycles. The molecule has 0 heterocycles. The van der Waals surface area contributed by atoms with Gasteiger partial charge in [-0.2, -0.15) is 0 Å². The van der Waals surface area contributed by atoms with Crippen LogP contribution in [-0.2, 0) is 26.2 Å². The van der Waals surface area contributed by atoms with Crippen LogP contribution in [-0.4, -0.2) is 44.3 Å². The van der Waals surface area contributed by atoms with Gasteiger partial charge in [-0.25, -0.2) is 8.42 Å². The minimum atomic E-state index is -4.15. The molecule has 7 nitrogen and oxygen atoms in total. The lowest BCUT2D eigenvalue weighted by atomic mass is 10.1. The lowest BCUT2D eigenvalue weighted by Crippen LogP contribution is -2.51. The third kappa shape index (κ3) is 7.84. The maximum absolute atomic E-state index is 13.9. The summed E-state index contributed by atoms with van der Waals surface area (Å²) in [6, 6.07) is 17.7. The van der Waals surface area contributed by atoms with E-state index in [1.807, 2.05) is 51.1 Å². The average molecular weight is 635 g/mol. The zero-order chi connectivity index (χ0) is 28.7. The van der Waals surface area contributed by atoms with Crippen molar-refractivity contribution in [2.75, 3.05) is 17.4 Å². The summed E-state index contributed by atoms with van der Waals surface area (Å²) in [6.07, 6.45) is 0.748. The van der Waals surface area contributed by atoms with Crippen LogP contribution in [0.5, 0.6) is 0 Å². The Kier molecular flexibility index (Phi) is 10.6. The van der Waals surface area contributed by atoms with Gasteiger partial charge in [0.25, 0.3) is 10.0 Å². The Balaban J connectivity index is 2.04. The molecular formula is C29H33BrClN3O4S. The molecule has 10 heteroatoms. The van der Waals surface area contributed by atoms with Crippen molar-refractivity contribution < 1.29 is 18.0 Å². The molecule has 0 radical (unpaired) electrons.